The van der Waals surface area contributed by atoms with Crippen LogP contribution in [0.5, 0.6) is 0 Å². The SMILES string of the molecule is C[C@H](c1ccccc1)N1CCC(=O)C2=C1CCC2. The third-order valence-electron chi connectivity index (χ3n) is 4.20. The molecule has 1 atom stereocenters. The molecule has 1 aliphatic heterocycles. The quantitative estimate of drug-likeness (QED) is 0.790. The molecule has 0 amide bonds. The second kappa shape index (κ2) is 4.60. The minimum Gasteiger partial charge on any atom is -0.367 e. The number of hydrogen-bond acceptors (Lipinski definition) is 2. The first-order chi connectivity index (χ1) is 8.77. The topological polar surface area (TPSA) is 20.3 Å². The fourth-order valence-corrected chi connectivity index (χ4v) is 3.19. The number of Topliss-reactive ketones (excluding diaryl/α,β-unsaturated/α-hetero) is 1. The molecule has 1 aliphatic carbocycles. The Bertz CT molecular complexity index is 489. The van der Waals surface area contributed by atoms with E-state index in [1.165, 1.54) is 11.3 Å². The largest absolute Gasteiger partial charge is 0.367 e. The van der Waals surface area contributed by atoms with Crippen LogP contribution in [-0.4, -0.2) is 17.2 Å². The Balaban J connectivity index is 1.91. The van der Waals surface area contributed by atoms with Gasteiger partial charge in [-0.05, 0) is 31.7 Å². The molecule has 1 aromatic rings. The van der Waals surface area contributed by atoms with Crippen LogP contribution in [0.25, 0.3) is 0 Å². The molecule has 94 valence electrons. The predicted octanol–water partition coefficient (Wildman–Crippen LogP) is 3.46. The normalized spacial score (nSPS) is 21.2. The van der Waals surface area contributed by atoms with Gasteiger partial charge in [0.15, 0.2) is 5.78 Å². The maximum absolute atomic E-state index is 11.9. The molecule has 2 nitrogen and oxygen atoms in total. The first kappa shape index (κ1) is 11.5. The number of benzene rings is 1. The molecule has 0 fully saturated rings. The molecule has 0 spiro atoms. The summed E-state index contributed by atoms with van der Waals surface area (Å²) < 4.78 is 0. The highest BCUT2D eigenvalue weighted by Gasteiger charge is 2.31. The van der Waals surface area contributed by atoms with Crippen molar-refractivity contribution in [3.63, 3.8) is 0 Å². The second-order valence-corrected chi connectivity index (χ2v) is 5.23. The van der Waals surface area contributed by atoms with Gasteiger partial charge in [0.05, 0.1) is 6.04 Å². The van der Waals surface area contributed by atoms with Crippen molar-refractivity contribution in [1.29, 1.82) is 0 Å². The van der Waals surface area contributed by atoms with Crippen molar-refractivity contribution < 1.29 is 4.79 Å². The number of ketones is 1. The van der Waals surface area contributed by atoms with Gasteiger partial charge in [0.2, 0.25) is 0 Å². The van der Waals surface area contributed by atoms with E-state index in [1.54, 1.807) is 0 Å². The van der Waals surface area contributed by atoms with Crippen molar-refractivity contribution in [2.75, 3.05) is 6.54 Å². The summed E-state index contributed by atoms with van der Waals surface area (Å²) in [6.07, 6.45) is 3.91. The second-order valence-electron chi connectivity index (χ2n) is 5.23. The number of carbonyl (C=O) groups excluding carboxylic acids is 1. The van der Waals surface area contributed by atoms with Gasteiger partial charge >= 0.3 is 0 Å². The van der Waals surface area contributed by atoms with E-state index in [0.29, 0.717) is 18.2 Å². The van der Waals surface area contributed by atoms with Gasteiger partial charge in [-0.15, -0.1) is 0 Å². The molecule has 3 rings (SSSR count). The first-order valence-electron chi connectivity index (χ1n) is 6.84. The average Bonchev–Trinajstić information content (AvgIpc) is 2.90. The lowest BCUT2D eigenvalue weighted by atomic mass is 9.98. The van der Waals surface area contributed by atoms with Gasteiger partial charge in [-0.25, -0.2) is 0 Å². The minimum atomic E-state index is 0.377. The predicted molar refractivity (Wildman–Crippen MR) is 72.1 cm³/mol. The lowest BCUT2D eigenvalue weighted by molar-refractivity contribution is -0.116. The van der Waals surface area contributed by atoms with Crippen LogP contribution in [0.2, 0.25) is 0 Å². The summed E-state index contributed by atoms with van der Waals surface area (Å²) in [5.74, 6) is 0.388. The van der Waals surface area contributed by atoms with Crippen molar-refractivity contribution in [2.45, 2.75) is 38.6 Å². The number of hydrogen-bond donors (Lipinski definition) is 0. The van der Waals surface area contributed by atoms with Crippen molar-refractivity contribution in [1.82, 2.24) is 4.90 Å². The van der Waals surface area contributed by atoms with E-state index in [2.05, 4.69) is 42.2 Å². The van der Waals surface area contributed by atoms with Crippen LogP contribution in [0.3, 0.4) is 0 Å². The Kier molecular flexibility index (Phi) is 2.94. The summed E-state index contributed by atoms with van der Waals surface area (Å²) in [5, 5.41) is 0. The van der Waals surface area contributed by atoms with Crippen LogP contribution in [0, 0.1) is 0 Å². The zero-order valence-corrected chi connectivity index (χ0v) is 10.9. The van der Waals surface area contributed by atoms with Gasteiger partial charge in [0, 0.05) is 24.2 Å². The Morgan fingerprint density at radius 3 is 2.67 bits per heavy atom. The van der Waals surface area contributed by atoms with E-state index < -0.39 is 0 Å². The Morgan fingerprint density at radius 2 is 1.89 bits per heavy atom. The van der Waals surface area contributed by atoms with Crippen molar-refractivity contribution in [2.24, 2.45) is 0 Å². The lowest BCUT2D eigenvalue weighted by Gasteiger charge is -2.36. The first-order valence-corrected chi connectivity index (χ1v) is 6.84. The third kappa shape index (κ3) is 1.86. The molecule has 2 heteroatoms. The van der Waals surface area contributed by atoms with Gasteiger partial charge in [0.25, 0.3) is 0 Å². The summed E-state index contributed by atoms with van der Waals surface area (Å²) >= 11 is 0. The molecular formula is C16H19NO. The monoisotopic (exact) mass is 241 g/mol. The number of carbonyl (C=O) groups is 1. The summed E-state index contributed by atoms with van der Waals surface area (Å²) in [4.78, 5) is 14.3. The van der Waals surface area contributed by atoms with Gasteiger partial charge < -0.3 is 4.90 Å². The third-order valence-corrected chi connectivity index (χ3v) is 4.20. The van der Waals surface area contributed by atoms with Crippen LogP contribution in [0.4, 0.5) is 0 Å². The van der Waals surface area contributed by atoms with Crippen LogP contribution in [0.1, 0.15) is 44.2 Å². The summed E-state index contributed by atoms with van der Waals surface area (Å²) in [6.45, 7) is 3.13. The highest BCUT2D eigenvalue weighted by atomic mass is 16.1. The molecule has 0 saturated carbocycles. The summed E-state index contributed by atoms with van der Waals surface area (Å²) in [7, 11) is 0. The van der Waals surface area contributed by atoms with E-state index in [9.17, 15) is 4.79 Å². The molecule has 0 radical (unpaired) electrons. The zero-order valence-electron chi connectivity index (χ0n) is 10.9. The molecule has 0 bridgehead atoms. The average molecular weight is 241 g/mol. The lowest BCUT2D eigenvalue weighted by Crippen LogP contribution is -2.33. The fraction of sp³-hybridized carbons (Fsp3) is 0.438. The van der Waals surface area contributed by atoms with Gasteiger partial charge in [0.1, 0.15) is 0 Å². The maximum atomic E-state index is 11.9. The van der Waals surface area contributed by atoms with E-state index in [1.807, 2.05) is 0 Å². The van der Waals surface area contributed by atoms with Crippen LogP contribution in [-0.2, 0) is 4.79 Å². The van der Waals surface area contributed by atoms with Gasteiger partial charge in [-0.1, -0.05) is 30.3 Å². The highest BCUT2D eigenvalue weighted by Crippen LogP contribution is 2.38. The summed E-state index contributed by atoms with van der Waals surface area (Å²) in [5.41, 5.74) is 3.78. The van der Waals surface area contributed by atoms with Crippen molar-refractivity contribution in [3.8, 4) is 0 Å². The van der Waals surface area contributed by atoms with Gasteiger partial charge in [-0.2, -0.15) is 0 Å². The number of rotatable bonds is 2. The van der Waals surface area contributed by atoms with Crippen molar-refractivity contribution in [3.05, 3.63) is 47.2 Å². The molecule has 0 unspecified atom stereocenters. The van der Waals surface area contributed by atoms with Crippen molar-refractivity contribution >= 4 is 5.78 Å². The molecule has 1 aromatic carbocycles. The molecule has 0 aromatic heterocycles. The molecule has 0 saturated heterocycles. The Morgan fingerprint density at radius 1 is 1.11 bits per heavy atom. The minimum absolute atomic E-state index is 0.377. The number of nitrogens with zero attached hydrogens (tertiary/aromatic N) is 1. The molecule has 18 heavy (non-hydrogen) atoms. The zero-order chi connectivity index (χ0) is 12.5. The van der Waals surface area contributed by atoms with Crippen LogP contribution < -0.4 is 0 Å². The summed E-state index contributed by atoms with van der Waals surface area (Å²) in [6, 6.07) is 11.0. The van der Waals surface area contributed by atoms with E-state index >= 15 is 0 Å². The van der Waals surface area contributed by atoms with Crippen LogP contribution >= 0.6 is 0 Å². The van der Waals surface area contributed by atoms with E-state index in [0.717, 1.165) is 31.4 Å². The Hall–Kier alpha value is -1.57. The van der Waals surface area contributed by atoms with E-state index in [-0.39, 0.29) is 0 Å². The maximum Gasteiger partial charge on any atom is 0.162 e. The smallest absolute Gasteiger partial charge is 0.162 e. The molecule has 1 heterocycles. The van der Waals surface area contributed by atoms with Gasteiger partial charge in [-0.3, -0.25) is 4.79 Å². The molecule has 2 aliphatic rings. The standard InChI is InChI=1S/C16H19NO/c1-12(13-6-3-2-4-7-13)17-11-10-16(18)14-8-5-9-15(14)17/h2-4,6-7,12H,5,8-11H2,1H3/t12-/m1/s1. The molecular weight excluding hydrogens is 222 g/mol. The molecule has 0 N–H and O–H groups in total. The Labute approximate surface area is 108 Å². The number of allylic oxidation sites excluding steroid dienone is 2. The highest BCUT2D eigenvalue weighted by molar-refractivity contribution is 5.97. The fourth-order valence-electron chi connectivity index (χ4n) is 3.19. The van der Waals surface area contributed by atoms with E-state index in [4.69, 9.17) is 0 Å². The van der Waals surface area contributed by atoms with Crippen LogP contribution in [0.15, 0.2) is 41.6 Å².